The molecule has 1 saturated heterocycles. The number of rotatable bonds is 9. The van der Waals surface area contributed by atoms with Crippen LogP contribution in [-0.4, -0.2) is 59.6 Å². The number of nitrogens with one attached hydrogen (secondary N) is 2. The topological polar surface area (TPSA) is 98.4 Å². The largest absolute Gasteiger partial charge is 0.387 e. The fraction of sp³-hybridized carbons (Fsp3) is 0.345. The standard InChI is InChI=1S/C15H21ClN2S.C14H12ClF2N7/c1-10-8-12(16)9-14(15(10)17-3)11(2)18-13-4-6-19-7-5-13;1-3-10-7-9(8-23-21-13(19-22-23)14(2,16)17)20-24(10)12-11(15)5-4-6-18-12/h8-9,13,17-18H,2,4-7H2,1,3H3;3-7H,1,8H2,2H3. The van der Waals surface area contributed by atoms with Crippen molar-refractivity contribution in [3.8, 4) is 5.82 Å². The van der Waals surface area contributed by atoms with Crippen LogP contribution < -0.4 is 10.6 Å². The number of benzene rings is 1. The smallest absolute Gasteiger partial charge is 0.307 e. The first kappa shape index (κ1) is 32.4. The minimum atomic E-state index is -3.15. The van der Waals surface area contributed by atoms with Crippen molar-refractivity contribution >= 4 is 52.4 Å². The predicted molar refractivity (Wildman–Crippen MR) is 171 cm³/mol. The van der Waals surface area contributed by atoms with E-state index in [0.717, 1.165) is 32.3 Å². The van der Waals surface area contributed by atoms with Gasteiger partial charge in [0.2, 0.25) is 5.82 Å². The van der Waals surface area contributed by atoms with Crippen molar-refractivity contribution in [2.75, 3.05) is 23.9 Å². The Hall–Kier alpha value is -3.48. The Bertz CT molecular complexity index is 1580. The molecule has 228 valence electrons. The average molecular weight is 649 g/mol. The number of anilines is 1. The maximum atomic E-state index is 13.2. The van der Waals surface area contributed by atoms with E-state index in [4.69, 9.17) is 23.2 Å². The van der Waals surface area contributed by atoms with Gasteiger partial charge in [-0.3, -0.25) is 0 Å². The van der Waals surface area contributed by atoms with Gasteiger partial charge in [0.05, 0.1) is 16.4 Å². The third-order valence-corrected chi connectivity index (χ3v) is 8.12. The molecule has 0 saturated carbocycles. The van der Waals surface area contributed by atoms with Crippen molar-refractivity contribution in [2.24, 2.45) is 0 Å². The summed E-state index contributed by atoms with van der Waals surface area (Å²) in [6.07, 6.45) is 5.59. The molecule has 14 heteroatoms. The summed E-state index contributed by atoms with van der Waals surface area (Å²) in [7, 11) is 1.93. The van der Waals surface area contributed by atoms with Crippen molar-refractivity contribution in [2.45, 2.75) is 45.2 Å². The zero-order valence-corrected chi connectivity index (χ0v) is 26.4. The molecule has 0 spiro atoms. The van der Waals surface area contributed by atoms with Gasteiger partial charge in [-0.15, -0.1) is 10.2 Å². The molecular formula is C29H33Cl2F2N9S. The Morgan fingerprint density at radius 3 is 2.58 bits per heavy atom. The summed E-state index contributed by atoms with van der Waals surface area (Å²) in [5.74, 6) is -0.881. The first-order valence-electron chi connectivity index (χ1n) is 13.5. The van der Waals surface area contributed by atoms with Crippen LogP contribution in [0.3, 0.4) is 0 Å². The van der Waals surface area contributed by atoms with Crippen molar-refractivity contribution in [3.05, 3.63) is 88.1 Å². The zero-order valence-electron chi connectivity index (χ0n) is 24.1. The molecule has 0 amide bonds. The number of aryl methyl sites for hydroxylation is 1. The van der Waals surface area contributed by atoms with E-state index in [1.54, 1.807) is 30.5 Å². The molecule has 0 radical (unpaired) electrons. The maximum Gasteiger partial charge on any atom is 0.307 e. The summed E-state index contributed by atoms with van der Waals surface area (Å²) in [6, 6.07) is 9.60. The van der Waals surface area contributed by atoms with Gasteiger partial charge in [-0.1, -0.05) is 36.4 Å². The number of tetrazole rings is 1. The molecular weight excluding hydrogens is 615 g/mol. The lowest BCUT2D eigenvalue weighted by Gasteiger charge is -2.26. The van der Waals surface area contributed by atoms with Gasteiger partial charge in [0.15, 0.2) is 5.82 Å². The summed E-state index contributed by atoms with van der Waals surface area (Å²) in [5, 5.41) is 23.0. The summed E-state index contributed by atoms with van der Waals surface area (Å²) >= 11 is 14.3. The lowest BCUT2D eigenvalue weighted by Crippen LogP contribution is -2.31. The Balaban J connectivity index is 0.000000203. The van der Waals surface area contributed by atoms with Crippen LogP contribution in [-0.2, 0) is 12.5 Å². The van der Waals surface area contributed by atoms with Crippen LogP contribution in [0.25, 0.3) is 17.6 Å². The van der Waals surface area contributed by atoms with E-state index in [1.165, 1.54) is 29.0 Å². The van der Waals surface area contributed by atoms with Crippen LogP contribution in [0.2, 0.25) is 10.0 Å². The molecule has 1 fully saturated rings. The fourth-order valence-electron chi connectivity index (χ4n) is 4.48. The molecule has 0 bridgehead atoms. The van der Waals surface area contributed by atoms with Crippen LogP contribution in [0.5, 0.6) is 0 Å². The van der Waals surface area contributed by atoms with E-state index >= 15 is 0 Å². The van der Waals surface area contributed by atoms with Crippen LogP contribution in [0, 0.1) is 6.92 Å². The molecule has 9 nitrogen and oxygen atoms in total. The van der Waals surface area contributed by atoms with E-state index in [9.17, 15) is 8.78 Å². The second-order valence-corrected chi connectivity index (χ2v) is 12.0. The Kier molecular flexibility index (Phi) is 10.8. The fourth-order valence-corrected chi connectivity index (χ4v) is 6.06. The molecule has 1 aliphatic rings. The molecule has 1 aromatic carbocycles. The third kappa shape index (κ3) is 8.33. The van der Waals surface area contributed by atoms with Crippen LogP contribution in [0.1, 0.15) is 48.1 Å². The second-order valence-electron chi connectivity index (χ2n) is 9.92. The van der Waals surface area contributed by atoms with Crippen molar-refractivity contribution in [1.82, 2.24) is 40.3 Å². The zero-order chi connectivity index (χ0) is 31.1. The highest BCUT2D eigenvalue weighted by Gasteiger charge is 2.30. The number of thioether (sulfide) groups is 1. The van der Waals surface area contributed by atoms with E-state index in [0.29, 0.717) is 35.2 Å². The van der Waals surface area contributed by atoms with E-state index < -0.39 is 11.7 Å². The van der Waals surface area contributed by atoms with Crippen LogP contribution >= 0.6 is 35.0 Å². The van der Waals surface area contributed by atoms with E-state index in [1.807, 2.05) is 30.9 Å². The maximum absolute atomic E-state index is 13.2. The van der Waals surface area contributed by atoms with Crippen LogP contribution in [0.4, 0.5) is 14.5 Å². The van der Waals surface area contributed by atoms with Gasteiger partial charge in [-0.25, -0.2) is 9.67 Å². The summed E-state index contributed by atoms with van der Waals surface area (Å²) in [5.41, 5.74) is 5.46. The minimum absolute atomic E-state index is 0.0708. The number of nitrogens with zero attached hydrogens (tertiary/aromatic N) is 7. The van der Waals surface area contributed by atoms with Gasteiger partial charge in [0.25, 0.3) is 0 Å². The SMILES string of the molecule is C=C(NC1CCSCC1)c1cc(Cl)cc(C)c1NC.C=Cc1cc(Cn2nnc(C(C)(F)F)n2)nn1-c1ncccc1Cl. The predicted octanol–water partition coefficient (Wildman–Crippen LogP) is 6.86. The molecule has 43 heavy (non-hydrogen) atoms. The molecule has 0 atom stereocenters. The molecule has 1 aliphatic heterocycles. The van der Waals surface area contributed by atoms with Gasteiger partial charge < -0.3 is 10.6 Å². The molecule has 4 heterocycles. The molecule has 5 rings (SSSR count). The Morgan fingerprint density at radius 2 is 1.95 bits per heavy atom. The lowest BCUT2D eigenvalue weighted by atomic mass is 10.0. The summed E-state index contributed by atoms with van der Waals surface area (Å²) in [6.45, 7) is 10.8. The van der Waals surface area contributed by atoms with Gasteiger partial charge >= 0.3 is 5.92 Å². The molecule has 2 N–H and O–H groups in total. The highest BCUT2D eigenvalue weighted by molar-refractivity contribution is 7.99. The first-order chi connectivity index (χ1) is 20.5. The van der Waals surface area contributed by atoms with Crippen molar-refractivity contribution in [1.29, 1.82) is 0 Å². The number of aromatic nitrogens is 7. The quantitative estimate of drug-likeness (QED) is 0.203. The highest BCUT2D eigenvalue weighted by atomic mass is 35.5. The summed E-state index contributed by atoms with van der Waals surface area (Å²) < 4.78 is 27.8. The highest BCUT2D eigenvalue weighted by Crippen LogP contribution is 2.30. The first-order valence-corrected chi connectivity index (χ1v) is 15.4. The Morgan fingerprint density at radius 1 is 1.21 bits per heavy atom. The molecule has 4 aromatic rings. The molecule has 0 aliphatic carbocycles. The molecule has 3 aromatic heterocycles. The van der Waals surface area contributed by atoms with Gasteiger partial charge in [-0.05, 0) is 78.5 Å². The van der Waals surface area contributed by atoms with Crippen molar-refractivity contribution in [3.63, 3.8) is 0 Å². The number of pyridine rings is 1. The summed E-state index contributed by atoms with van der Waals surface area (Å²) in [4.78, 5) is 5.23. The molecule has 0 unspecified atom stereocenters. The lowest BCUT2D eigenvalue weighted by molar-refractivity contribution is 0.00738. The third-order valence-electron chi connectivity index (χ3n) is 6.56. The van der Waals surface area contributed by atoms with Gasteiger partial charge in [0.1, 0.15) is 6.54 Å². The number of hydrogen-bond acceptors (Lipinski definition) is 8. The van der Waals surface area contributed by atoms with Gasteiger partial charge in [-0.2, -0.15) is 30.4 Å². The number of halogens is 4. The minimum Gasteiger partial charge on any atom is -0.387 e. The Labute approximate surface area is 263 Å². The normalized spacial score (nSPS) is 13.7. The average Bonchev–Trinajstić information content (AvgIpc) is 3.61. The number of alkyl halides is 2. The van der Waals surface area contributed by atoms with Crippen molar-refractivity contribution < 1.29 is 8.78 Å². The van der Waals surface area contributed by atoms with Crippen LogP contribution in [0.15, 0.2) is 49.7 Å². The number of hydrogen-bond donors (Lipinski definition) is 2. The van der Waals surface area contributed by atoms with Gasteiger partial charge in [0, 0.05) is 48.2 Å². The van der Waals surface area contributed by atoms with E-state index in [2.05, 4.69) is 56.2 Å². The monoisotopic (exact) mass is 647 g/mol. The second kappa shape index (κ2) is 14.3. The van der Waals surface area contributed by atoms with E-state index in [-0.39, 0.29) is 6.54 Å².